The van der Waals surface area contributed by atoms with Crippen LogP contribution in [0.1, 0.15) is 5.56 Å². The molecule has 7 nitrogen and oxygen atoms in total. The molecule has 2 rings (SSSR count). The third kappa shape index (κ3) is 3.04. The van der Waals surface area contributed by atoms with Crippen LogP contribution in [0.3, 0.4) is 0 Å². The Hall–Kier alpha value is -2.63. The lowest BCUT2D eigenvalue weighted by atomic mass is 10.1. The highest BCUT2D eigenvalue weighted by Crippen LogP contribution is 2.33. The van der Waals surface area contributed by atoms with Crippen LogP contribution in [0.4, 0.5) is 10.1 Å². The second kappa shape index (κ2) is 7.29. The van der Waals surface area contributed by atoms with E-state index in [1.807, 2.05) is 0 Å². The first kappa shape index (κ1) is 17.7. The fraction of sp³-hybridized carbons (Fsp3) is 0.267. The molecule has 0 spiro atoms. The topological polar surface area (TPSA) is 88.9 Å². The van der Waals surface area contributed by atoms with Gasteiger partial charge in [-0.2, -0.15) is 5.26 Å². The van der Waals surface area contributed by atoms with Crippen molar-refractivity contribution >= 4 is 29.2 Å². The monoisotopic (exact) mass is 354 g/mol. The molecule has 0 atom stereocenters. The molecule has 126 valence electrons. The molecule has 0 aromatic heterocycles. The smallest absolute Gasteiger partial charge is 0.355 e. The minimum atomic E-state index is -0.939. The van der Waals surface area contributed by atoms with E-state index in [-0.39, 0.29) is 35.3 Å². The summed E-state index contributed by atoms with van der Waals surface area (Å²) in [7, 11) is 2.28. The Morgan fingerprint density at radius 3 is 2.58 bits per heavy atom. The number of rotatable bonds is 3. The average Bonchev–Trinajstić information content (AvgIpc) is 2.61. The van der Waals surface area contributed by atoms with E-state index in [1.165, 1.54) is 17.0 Å². The van der Waals surface area contributed by atoms with Crippen molar-refractivity contribution in [3.63, 3.8) is 0 Å². The molecule has 24 heavy (non-hydrogen) atoms. The number of hydrogen-bond donors (Lipinski definition) is 0. The standard InChI is InChI=1S/C15H12ClFN2O5/c1-22-14(20)9-6-24-7-19(13(9)15(21)23-2)11-4-3-10(16)12(17)8(11)5-18/h3-4H,6-7H2,1-2H3. The molecule has 0 radical (unpaired) electrons. The van der Waals surface area contributed by atoms with Crippen molar-refractivity contribution in [2.45, 2.75) is 0 Å². The number of hydrogen-bond acceptors (Lipinski definition) is 7. The molecule has 0 saturated heterocycles. The number of anilines is 1. The average molecular weight is 355 g/mol. The molecular formula is C15H12ClFN2O5. The summed E-state index contributed by atoms with van der Waals surface area (Å²) in [6.07, 6.45) is 0. The minimum absolute atomic E-state index is 0.0147. The van der Waals surface area contributed by atoms with Gasteiger partial charge in [0.25, 0.3) is 0 Å². The fourth-order valence-electron chi connectivity index (χ4n) is 2.21. The summed E-state index contributed by atoms with van der Waals surface area (Å²) in [6.45, 7) is -0.383. The zero-order valence-electron chi connectivity index (χ0n) is 12.8. The zero-order chi connectivity index (χ0) is 17.9. The van der Waals surface area contributed by atoms with Gasteiger partial charge in [0.2, 0.25) is 0 Å². The van der Waals surface area contributed by atoms with Crippen LogP contribution in [0.15, 0.2) is 23.4 Å². The van der Waals surface area contributed by atoms with Crippen LogP contribution >= 0.6 is 11.6 Å². The van der Waals surface area contributed by atoms with Crippen molar-refractivity contribution in [1.82, 2.24) is 0 Å². The summed E-state index contributed by atoms with van der Waals surface area (Å²) in [6, 6.07) is 4.26. The summed E-state index contributed by atoms with van der Waals surface area (Å²) in [5.41, 5.74) is -0.664. The molecule has 0 saturated carbocycles. The zero-order valence-corrected chi connectivity index (χ0v) is 13.5. The Morgan fingerprint density at radius 1 is 1.33 bits per heavy atom. The van der Waals surface area contributed by atoms with Gasteiger partial charge in [0.1, 0.15) is 24.1 Å². The van der Waals surface area contributed by atoms with Crippen LogP contribution in [-0.2, 0) is 23.8 Å². The normalized spacial score (nSPS) is 14.2. The first-order chi connectivity index (χ1) is 11.5. The van der Waals surface area contributed by atoms with Crippen molar-refractivity contribution < 1.29 is 28.2 Å². The molecule has 1 aromatic rings. The Morgan fingerprint density at radius 2 is 2.00 bits per heavy atom. The molecule has 1 heterocycles. The number of esters is 2. The Balaban J connectivity index is 2.69. The first-order valence-corrected chi connectivity index (χ1v) is 6.97. The second-order valence-corrected chi connectivity index (χ2v) is 4.99. The number of ether oxygens (including phenoxy) is 3. The Bertz CT molecular complexity index is 772. The van der Waals surface area contributed by atoms with Crippen LogP contribution < -0.4 is 4.90 Å². The van der Waals surface area contributed by atoms with Crippen LogP contribution in [0, 0.1) is 17.1 Å². The molecule has 0 fully saturated rings. The maximum Gasteiger partial charge on any atom is 0.355 e. The van der Waals surface area contributed by atoms with E-state index < -0.39 is 23.3 Å². The van der Waals surface area contributed by atoms with E-state index in [4.69, 9.17) is 16.3 Å². The van der Waals surface area contributed by atoms with Crippen molar-refractivity contribution in [3.8, 4) is 6.07 Å². The van der Waals surface area contributed by atoms with Crippen molar-refractivity contribution in [3.05, 3.63) is 39.8 Å². The third-order valence-electron chi connectivity index (χ3n) is 3.31. The van der Waals surface area contributed by atoms with Gasteiger partial charge in [-0.05, 0) is 12.1 Å². The lowest BCUT2D eigenvalue weighted by Gasteiger charge is -2.31. The summed E-state index contributed by atoms with van der Waals surface area (Å²) in [5, 5.41) is 8.97. The van der Waals surface area contributed by atoms with E-state index in [0.717, 1.165) is 14.2 Å². The molecule has 9 heteroatoms. The molecule has 0 aliphatic carbocycles. The van der Waals surface area contributed by atoms with Gasteiger partial charge < -0.3 is 19.1 Å². The number of halogens is 2. The quantitative estimate of drug-likeness (QED) is 0.764. The van der Waals surface area contributed by atoms with Crippen molar-refractivity contribution in [2.75, 3.05) is 32.5 Å². The predicted octanol–water partition coefficient (Wildman–Crippen LogP) is 1.74. The van der Waals surface area contributed by atoms with E-state index >= 15 is 0 Å². The second-order valence-electron chi connectivity index (χ2n) is 4.58. The molecular weight excluding hydrogens is 343 g/mol. The van der Waals surface area contributed by atoms with Crippen molar-refractivity contribution in [2.24, 2.45) is 0 Å². The highest BCUT2D eigenvalue weighted by molar-refractivity contribution is 6.31. The number of nitrogens with zero attached hydrogens (tertiary/aromatic N) is 2. The van der Waals surface area contributed by atoms with Crippen LogP contribution in [0.2, 0.25) is 5.02 Å². The number of carbonyl (C=O) groups is 2. The van der Waals surface area contributed by atoms with E-state index in [2.05, 4.69) is 9.47 Å². The van der Waals surface area contributed by atoms with Gasteiger partial charge in [0.05, 0.1) is 37.1 Å². The molecule has 1 aliphatic heterocycles. The van der Waals surface area contributed by atoms with Gasteiger partial charge in [-0.15, -0.1) is 0 Å². The van der Waals surface area contributed by atoms with Gasteiger partial charge >= 0.3 is 11.9 Å². The fourth-order valence-corrected chi connectivity index (χ4v) is 2.36. The van der Waals surface area contributed by atoms with E-state index in [9.17, 15) is 19.2 Å². The van der Waals surface area contributed by atoms with Crippen LogP contribution in [-0.4, -0.2) is 39.5 Å². The highest BCUT2D eigenvalue weighted by Gasteiger charge is 2.34. The lowest BCUT2D eigenvalue weighted by Crippen LogP contribution is -2.39. The van der Waals surface area contributed by atoms with Crippen LogP contribution in [0.25, 0.3) is 0 Å². The van der Waals surface area contributed by atoms with Gasteiger partial charge in [-0.25, -0.2) is 14.0 Å². The summed E-state index contributed by atoms with van der Waals surface area (Å²) < 4.78 is 28.7. The largest absolute Gasteiger partial charge is 0.466 e. The Labute approximate surface area is 141 Å². The molecule has 0 unspecified atom stereocenters. The minimum Gasteiger partial charge on any atom is -0.466 e. The molecule has 0 bridgehead atoms. The van der Waals surface area contributed by atoms with Gasteiger partial charge in [-0.1, -0.05) is 11.6 Å². The van der Waals surface area contributed by atoms with Crippen LogP contribution in [0.5, 0.6) is 0 Å². The Kier molecular flexibility index (Phi) is 5.39. The summed E-state index contributed by atoms with van der Waals surface area (Å²) in [4.78, 5) is 25.2. The lowest BCUT2D eigenvalue weighted by molar-refractivity contribution is -0.140. The number of carbonyl (C=O) groups excluding carboxylic acids is 2. The van der Waals surface area contributed by atoms with Gasteiger partial charge in [0, 0.05) is 0 Å². The third-order valence-corrected chi connectivity index (χ3v) is 3.60. The molecule has 1 aromatic carbocycles. The number of methoxy groups -OCH3 is 2. The maximum absolute atomic E-state index is 14.1. The van der Waals surface area contributed by atoms with Gasteiger partial charge in [0.15, 0.2) is 5.82 Å². The summed E-state index contributed by atoms with van der Waals surface area (Å²) >= 11 is 5.68. The molecule has 0 N–H and O–H groups in total. The van der Waals surface area contributed by atoms with E-state index in [0.29, 0.717) is 0 Å². The SMILES string of the molecule is COC(=O)C1=C(C(=O)OC)N(c2ccc(Cl)c(F)c2C#N)COC1. The predicted molar refractivity (Wildman–Crippen MR) is 80.5 cm³/mol. The molecule has 1 aliphatic rings. The summed E-state index contributed by atoms with van der Waals surface area (Å²) in [5.74, 6) is -2.59. The maximum atomic E-state index is 14.1. The molecule has 0 amide bonds. The van der Waals surface area contributed by atoms with E-state index in [1.54, 1.807) is 6.07 Å². The highest BCUT2D eigenvalue weighted by atomic mass is 35.5. The first-order valence-electron chi connectivity index (χ1n) is 6.59. The number of nitriles is 1. The van der Waals surface area contributed by atoms with Crippen molar-refractivity contribution in [1.29, 1.82) is 5.26 Å². The number of benzene rings is 1. The van der Waals surface area contributed by atoms with Gasteiger partial charge in [-0.3, -0.25) is 0 Å².